The highest BCUT2D eigenvalue weighted by molar-refractivity contribution is 5.95. The minimum atomic E-state index is -0.291. The molecule has 2 atom stereocenters. The van der Waals surface area contributed by atoms with Gasteiger partial charge in [-0.2, -0.15) is 5.26 Å². The third-order valence-electron chi connectivity index (χ3n) is 6.59. The molecule has 1 aromatic heterocycles. The van der Waals surface area contributed by atoms with Crippen LogP contribution in [0.2, 0.25) is 0 Å². The lowest BCUT2D eigenvalue weighted by atomic mass is 9.81. The topological polar surface area (TPSA) is 50.3 Å². The van der Waals surface area contributed by atoms with E-state index in [0.717, 1.165) is 24.1 Å². The molecule has 0 radical (unpaired) electrons. The van der Waals surface area contributed by atoms with Crippen molar-refractivity contribution in [3.63, 3.8) is 0 Å². The second kappa shape index (κ2) is 8.63. The van der Waals surface area contributed by atoms with Gasteiger partial charge in [0.25, 0.3) is 0 Å². The van der Waals surface area contributed by atoms with Crippen LogP contribution in [0.25, 0.3) is 5.57 Å². The number of aryl methyl sites for hydroxylation is 2. The number of hydrogen-bond acceptors (Lipinski definition) is 3. The predicted octanol–water partition coefficient (Wildman–Crippen LogP) is 5.45. The predicted molar refractivity (Wildman–Crippen MR) is 123 cm³/mol. The lowest BCUT2D eigenvalue weighted by Gasteiger charge is -2.28. The van der Waals surface area contributed by atoms with E-state index in [4.69, 9.17) is 9.73 Å². The number of fused-ring (bicyclic) bond motifs is 2. The van der Waals surface area contributed by atoms with Gasteiger partial charge in [0.1, 0.15) is 12.4 Å². The van der Waals surface area contributed by atoms with Crippen molar-refractivity contribution in [3.8, 4) is 6.07 Å². The fourth-order valence-corrected chi connectivity index (χ4v) is 4.91. The van der Waals surface area contributed by atoms with E-state index in [1.807, 2.05) is 0 Å². The maximum absolute atomic E-state index is 13.5. The van der Waals surface area contributed by atoms with E-state index in [1.165, 1.54) is 47.4 Å². The van der Waals surface area contributed by atoms with E-state index < -0.39 is 0 Å². The molecule has 1 aliphatic heterocycles. The molecule has 0 amide bonds. The van der Waals surface area contributed by atoms with Gasteiger partial charge in [0.05, 0.1) is 24.2 Å². The quantitative estimate of drug-likeness (QED) is 0.651. The molecule has 1 aromatic carbocycles. The molecule has 2 heterocycles. The summed E-state index contributed by atoms with van der Waals surface area (Å²) in [5.41, 5.74) is 6.96. The van der Waals surface area contributed by atoms with E-state index in [-0.39, 0.29) is 30.8 Å². The molecular formula is C27H26FN3O. The first kappa shape index (κ1) is 20.5. The number of benzene rings is 1. The van der Waals surface area contributed by atoms with Gasteiger partial charge in [0, 0.05) is 24.7 Å². The second-order valence-corrected chi connectivity index (χ2v) is 8.71. The highest BCUT2D eigenvalue weighted by Crippen LogP contribution is 2.35. The lowest BCUT2D eigenvalue weighted by Crippen LogP contribution is -2.26. The van der Waals surface area contributed by atoms with Crippen molar-refractivity contribution < 1.29 is 9.13 Å². The molecule has 0 N–H and O–H groups in total. The molecule has 0 saturated carbocycles. The van der Waals surface area contributed by atoms with Crippen LogP contribution in [0.3, 0.4) is 0 Å². The summed E-state index contributed by atoms with van der Waals surface area (Å²) in [4.78, 5) is 4.89. The van der Waals surface area contributed by atoms with Gasteiger partial charge in [0.15, 0.2) is 0 Å². The van der Waals surface area contributed by atoms with Crippen LogP contribution in [0.15, 0.2) is 65.3 Å². The van der Waals surface area contributed by atoms with Gasteiger partial charge in [-0.3, -0.25) is 0 Å². The second-order valence-electron chi connectivity index (χ2n) is 8.71. The summed E-state index contributed by atoms with van der Waals surface area (Å²) in [5, 5.41) is 9.28. The molecule has 0 bridgehead atoms. The number of allylic oxidation sites excluding steroid dienone is 2. The van der Waals surface area contributed by atoms with Crippen molar-refractivity contribution in [2.45, 2.75) is 44.8 Å². The van der Waals surface area contributed by atoms with Gasteiger partial charge in [-0.15, -0.1) is 0 Å². The lowest BCUT2D eigenvalue weighted by molar-refractivity contribution is 0.279. The van der Waals surface area contributed by atoms with Crippen LogP contribution in [-0.4, -0.2) is 16.5 Å². The Bertz CT molecular complexity index is 1210. The zero-order valence-electron chi connectivity index (χ0n) is 18.2. The molecule has 4 nitrogen and oxygen atoms in total. The first-order valence-electron chi connectivity index (χ1n) is 11.2. The third kappa shape index (κ3) is 3.93. The van der Waals surface area contributed by atoms with Crippen molar-refractivity contribution in [1.82, 2.24) is 4.57 Å². The van der Waals surface area contributed by atoms with E-state index in [0.29, 0.717) is 5.90 Å². The number of rotatable bonds is 4. The number of aliphatic imine (C=N–C) groups is 1. The zero-order chi connectivity index (χ0) is 22.1. The summed E-state index contributed by atoms with van der Waals surface area (Å²) in [6.07, 6.45) is 15.1. The number of ether oxygens (including phenoxy) is 1. The molecule has 2 unspecified atom stereocenters. The molecule has 3 aliphatic rings. The Morgan fingerprint density at radius 1 is 1.25 bits per heavy atom. The first-order valence-corrected chi connectivity index (χ1v) is 11.2. The number of nitrogens with zero attached hydrogens (tertiary/aromatic N) is 3. The van der Waals surface area contributed by atoms with Crippen LogP contribution in [-0.2, 0) is 31.2 Å². The number of halogens is 1. The first-order chi connectivity index (χ1) is 15.6. The minimum Gasteiger partial charge on any atom is -0.471 e. The molecule has 32 heavy (non-hydrogen) atoms. The largest absolute Gasteiger partial charge is 0.471 e. The molecule has 162 valence electrons. The van der Waals surface area contributed by atoms with Crippen molar-refractivity contribution in [1.29, 1.82) is 5.26 Å². The Balaban J connectivity index is 1.43. The Morgan fingerprint density at radius 2 is 2.12 bits per heavy atom. The molecule has 2 aromatic rings. The number of aromatic nitrogens is 1. The summed E-state index contributed by atoms with van der Waals surface area (Å²) in [6, 6.07) is 10.2. The Labute approximate surface area is 188 Å². The number of dihydropyridines is 1. The third-order valence-corrected chi connectivity index (χ3v) is 6.59. The SMILES string of the molecule is Cn1cc(F)cc1COC1=NC2C=C(c3cccc4c3CCCC4)C=CC2C=C1CC#N. The summed E-state index contributed by atoms with van der Waals surface area (Å²) in [6.45, 7) is 0.206. The van der Waals surface area contributed by atoms with E-state index in [2.05, 4.69) is 48.6 Å². The van der Waals surface area contributed by atoms with Crippen LogP contribution in [0.5, 0.6) is 0 Å². The molecule has 0 fully saturated rings. The summed E-state index contributed by atoms with van der Waals surface area (Å²) in [5.74, 6) is 0.303. The minimum absolute atomic E-state index is 0.0722. The smallest absolute Gasteiger partial charge is 0.213 e. The highest BCUT2D eigenvalue weighted by Gasteiger charge is 2.28. The van der Waals surface area contributed by atoms with Crippen molar-refractivity contribution in [3.05, 3.63) is 88.5 Å². The van der Waals surface area contributed by atoms with E-state index in [1.54, 1.807) is 11.6 Å². The van der Waals surface area contributed by atoms with Crippen LogP contribution in [0, 0.1) is 23.1 Å². The van der Waals surface area contributed by atoms with Crippen molar-refractivity contribution in [2.24, 2.45) is 18.0 Å². The zero-order valence-corrected chi connectivity index (χ0v) is 18.2. The van der Waals surface area contributed by atoms with Gasteiger partial charge >= 0.3 is 0 Å². The van der Waals surface area contributed by atoms with E-state index in [9.17, 15) is 9.65 Å². The summed E-state index contributed by atoms with van der Waals surface area (Å²) in [7, 11) is 1.79. The monoisotopic (exact) mass is 427 g/mol. The van der Waals surface area contributed by atoms with Gasteiger partial charge in [-0.1, -0.05) is 42.5 Å². The molecule has 0 saturated heterocycles. The highest BCUT2D eigenvalue weighted by atomic mass is 19.1. The normalized spacial score (nSPS) is 21.6. The maximum atomic E-state index is 13.5. The number of nitriles is 1. The van der Waals surface area contributed by atoms with Crippen molar-refractivity contribution in [2.75, 3.05) is 0 Å². The molecular weight excluding hydrogens is 401 g/mol. The Kier molecular flexibility index (Phi) is 5.53. The Hall–Kier alpha value is -3.39. The molecule has 5 rings (SSSR count). The average Bonchev–Trinajstić information content (AvgIpc) is 3.14. The van der Waals surface area contributed by atoms with E-state index >= 15 is 0 Å². The van der Waals surface area contributed by atoms with Crippen LogP contribution >= 0.6 is 0 Å². The van der Waals surface area contributed by atoms with Gasteiger partial charge in [-0.05, 0) is 54.0 Å². The standard InChI is InChI=1S/C27H26FN3O/c1-31-16-22(28)15-23(31)17-32-27-21(11-12-29)13-20-10-9-19(14-26(20)30-27)25-8-4-6-18-5-2-3-7-24(18)25/h4,6,8-10,13-16,20,26H,2-3,5,7,11,17H2,1H3. The summed E-state index contributed by atoms with van der Waals surface area (Å²) >= 11 is 0. The molecule has 0 spiro atoms. The Morgan fingerprint density at radius 3 is 2.94 bits per heavy atom. The van der Waals surface area contributed by atoms with Gasteiger partial charge in [0.2, 0.25) is 5.90 Å². The molecule has 5 heteroatoms. The average molecular weight is 428 g/mol. The van der Waals surface area contributed by atoms with Gasteiger partial charge in [-0.25, -0.2) is 9.38 Å². The van der Waals surface area contributed by atoms with Gasteiger partial charge < -0.3 is 9.30 Å². The maximum Gasteiger partial charge on any atom is 0.213 e. The van der Waals surface area contributed by atoms with Crippen LogP contribution < -0.4 is 0 Å². The van der Waals surface area contributed by atoms with Crippen LogP contribution in [0.4, 0.5) is 4.39 Å². The summed E-state index contributed by atoms with van der Waals surface area (Å²) < 4.78 is 21.2. The van der Waals surface area contributed by atoms with Crippen molar-refractivity contribution >= 4 is 11.5 Å². The number of hydrogen-bond donors (Lipinski definition) is 0. The fourth-order valence-electron chi connectivity index (χ4n) is 4.91. The molecule has 2 aliphatic carbocycles. The fraction of sp³-hybridized carbons (Fsp3) is 0.333. The van der Waals surface area contributed by atoms with Crippen LogP contribution in [0.1, 0.15) is 41.6 Å².